The Labute approximate surface area is 462 Å². The number of ether oxygens (including phenoxy) is 4. The van der Waals surface area contributed by atoms with E-state index in [-0.39, 0.29) is 76.5 Å². The second-order valence-electron chi connectivity index (χ2n) is 18.8. The number of carbonyl (C=O) groups excluding carboxylic acids is 4. The zero-order chi connectivity index (χ0) is 56.5. The number of nitrogens with one attached hydrogen (secondary N) is 5. The maximum atomic E-state index is 15.9. The molecule has 0 bridgehead atoms. The van der Waals surface area contributed by atoms with Gasteiger partial charge in [0.2, 0.25) is 14.9 Å². The summed E-state index contributed by atoms with van der Waals surface area (Å²) in [7, 11) is -7.90. The number of benzene rings is 4. The molecule has 0 saturated heterocycles. The molecular weight excluding hydrogens is 1050 g/mol. The minimum atomic E-state index is -4.00. The van der Waals surface area contributed by atoms with Crippen molar-refractivity contribution in [2.45, 2.75) is 96.9 Å². The molecule has 22 heteroatoms. The standard InChI is InChI=1S/C57H75N9O11P2/c1-5-74-54(68)47(37-43-23-13-9-14-24-43)61-78(72,62-48(55(69)75-6-2)38-44-25-15-10-16-26-44)35-22-21-31-65(32-33-66-42-60-51-52(66)58-41-59-53(51)67)34-36-79(73,63-49(56(70)76-7-3)39-45-27-17-11-18-28-45)64-50(57(71)77-8-4)40-46-29-19-12-20-30-46/h9-20,23-30,41-42,47-50H,5-8,21-22,31-40H2,1-4H3,(H,58,59,67)(H2,61,62,72)(H2,63,64,73)/t47-,48-,49-,50-/m0/s1. The molecule has 6 aromatic rings. The van der Waals surface area contributed by atoms with Crippen LogP contribution in [0, 0.1) is 0 Å². The first kappa shape index (κ1) is 61.6. The van der Waals surface area contributed by atoms with Gasteiger partial charge in [-0.05, 0) is 95.0 Å². The number of hydrogen-bond donors (Lipinski definition) is 5. The highest BCUT2D eigenvalue weighted by Crippen LogP contribution is 2.41. The number of rotatable bonds is 35. The van der Waals surface area contributed by atoms with Crippen LogP contribution in [0.4, 0.5) is 0 Å². The molecule has 0 unspecified atom stereocenters. The van der Waals surface area contributed by atoms with E-state index in [1.54, 1.807) is 32.3 Å². The lowest BCUT2D eigenvalue weighted by atomic mass is 10.1. The summed E-state index contributed by atoms with van der Waals surface area (Å²) in [6, 6.07) is 32.8. The molecule has 424 valence electrons. The van der Waals surface area contributed by atoms with Crippen molar-refractivity contribution in [3.8, 4) is 0 Å². The monoisotopic (exact) mass is 1120 g/mol. The van der Waals surface area contributed by atoms with Crippen molar-refractivity contribution in [2.24, 2.45) is 0 Å². The minimum Gasteiger partial charge on any atom is -0.465 e. The molecule has 0 aliphatic rings. The Morgan fingerprint density at radius 3 is 1.25 bits per heavy atom. The van der Waals surface area contributed by atoms with Gasteiger partial charge >= 0.3 is 23.9 Å². The molecule has 4 atom stereocenters. The van der Waals surface area contributed by atoms with E-state index in [1.807, 2.05) is 126 Å². The molecule has 2 aromatic heterocycles. The van der Waals surface area contributed by atoms with Gasteiger partial charge < -0.3 is 33.4 Å². The Kier molecular flexibility index (Phi) is 24.8. The van der Waals surface area contributed by atoms with E-state index < -0.39 is 68.5 Å². The third-order valence-corrected chi connectivity index (χ3v) is 17.6. The lowest BCUT2D eigenvalue weighted by Gasteiger charge is -2.31. The van der Waals surface area contributed by atoms with Crippen LogP contribution in [0.5, 0.6) is 0 Å². The number of carbonyl (C=O) groups is 4. The number of esters is 4. The van der Waals surface area contributed by atoms with Gasteiger partial charge in [-0.1, -0.05) is 121 Å². The molecule has 0 saturated carbocycles. The summed E-state index contributed by atoms with van der Waals surface area (Å²) in [6.45, 7) is 8.18. The number of H-pyrrole nitrogens is 1. The van der Waals surface area contributed by atoms with Crippen LogP contribution >= 0.6 is 14.9 Å². The zero-order valence-corrected chi connectivity index (χ0v) is 47.3. The molecule has 0 radical (unpaired) electrons. The fourth-order valence-electron chi connectivity index (χ4n) is 9.03. The van der Waals surface area contributed by atoms with Crippen LogP contribution in [0.15, 0.2) is 139 Å². The van der Waals surface area contributed by atoms with Crippen LogP contribution in [0.3, 0.4) is 0 Å². The molecule has 0 amide bonds. The van der Waals surface area contributed by atoms with Gasteiger partial charge in [-0.2, -0.15) is 0 Å². The zero-order valence-electron chi connectivity index (χ0n) is 45.5. The first-order valence-corrected chi connectivity index (χ1v) is 30.7. The van der Waals surface area contributed by atoms with Gasteiger partial charge in [0, 0.05) is 32.0 Å². The Hall–Kier alpha value is -6.63. The number of hydrogen-bond acceptors (Lipinski definition) is 14. The van der Waals surface area contributed by atoms with E-state index in [9.17, 15) is 24.0 Å². The Balaban J connectivity index is 1.32. The van der Waals surface area contributed by atoms with E-state index in [1.165, 1.54) is 12.7 Å². The maximum absolute atomic E-state index is 15.9. The van der Waals surface area contributed by atoms with Gasteiger partial charge in [0.15, 0.2) is 11.2 Å². The van der Waals surface area contributed by atoms with Crippen LogP contribution in [0.1, 0.15) is 62.8 Å². The first-order chi connectivity index (χ1) is 38.2. The van der Waals surface area contributed by atoms with Crippen LogP contribution in [-0.4, -0.2) is 131 Å². The molecule has 6 rings (SSSR count). The summed E-state index contributed by atoms with van der Waals surface area (Å²) in [6.07, 6.45) is 3.98. The lowest BCUT2D eigenvalue weighted by Crippen LogP contribution is -2.47. The van der Waals surface area contributed by atoms with Gasteiger partial charge in [0.25, 0.3) is 5.56 Å². The van der Waals surface area contributed by atoms with Gasteiger partial charge in [0.05, 0.1) is 39.1 Å². The van der Waals surface area contributed by atoms with E-state index in [0.717, 1.165) is 22.3 Å². The third-order valence-electron chi connectivity index (χ3n) is 12.9. The predicted molar refractivity (Wildman–Crippen MR) is 304 cm³/mol. The Bertz CT molecular complexity index is 2850. The molecule has 5 N–H and O–H groups in total. The summed E-state index contributed by atoms with van der Waals surface area (Å²) in [5.74, 6) is -2.45. The fourth-order valence-corrected chi connectivity index (χ4v) is 13.7. The molecule has 0 spiro atoms. The van der Waals surface area contributed by atoms with Crippen LogP contribution in [0.2, 0.25) is 0 Å². The van der Waals surface area contributed by atoms with E-state index >= 15 is 9.13 Å². The van der Waals surface area contributed by atoms with Crippen molar-refractivity contribution in [2.75, 3.05) is 58.4 Å². The Morgan fingerprint density at radius 2 is 0.886 bits per heavy atom. The summed E-state index contributed by atoms with van der Waals surface area (Å²) >= 11 is 0. The molecular formula is C57H75N9O11P2. The largest absolute Gasteiger partial charge is 0.465 e. The quantitative estimate of drug-likeness (QED) is 0.0121. The maximum Gasteiger partial charge on any atom is 0.323 e. The number of aromatic amines is 1. The highest BCUT2D eigenvalue weighted by Gasteiger charge is 2.37. The Morgan fingerprint density at radius 1 is 0.519 bits per heavy atom. The fraction of sp³-hybridized carbons (Fsp3) is 0.421. The lowest BCUT2D eigenvalue weighted by molar-refractivity contribution is -0.146. The van der Waals surface area contributed by atoms with E-state index in [2.05, 4.69) is 35.3 Å². The van der Waals surface area contributed by atoms with Crippen molar-refractivity contribution in [1.29, 1.82) is 0 Å². The topological polar surface area (TPSA) is 254 Å². The van der Waals surface area contributed by atoms with Crippen LogP contribution in [-0.2, 0) is 79.5 Å². The van der Waals surface area contributed by atoms with Crippen molar-refractivity contribution in [3.05, 3.63) is 167 Å². The molecule has 79 heavy (non-hydrogen) atoms. The normalized spacial score (nSPS) is 13.3. The highest BCUT2D eigenvalue weighted by molar-refractivity contribution is 7.60. The number of fused-ring (bicyclic) bond motifs is 1. The van der Waals surface area contributed by atoms with Crippen molar-refractivity contribution in [3.63, 3.8) is 0 Å². The smallest absolute Gasteiger partial charge is 0.323 e. The first-order valence-electron chi connectivity index (χ1n) is 27.0. The van der Waals surface area contributed by atoms with Crippen molar-refractivity contribution < 1.29 is 47.3 Å². The van der Waals surface area contributed by atoms with Crippen LogP contribution in [0.25, 0.3) is 11.2 Å². The third kappa shape index (κ3) is 19.9. The number of unbranched alkanes of at least 4 members (excludes halogenated alkanes) is 1. The van der Waals surface area contributed by atoms with Crippen molar-refractivity contribution in [1.82, 2.24) is 44.8 Å². The molecule has 0 aliphatic heterocycles. The van der Waals surface area contributed by atoms with Crippen molar-refractivity contribution >= 4 is 49.9 Å². The molecule has 2 heterocycles. The summed E-state index contributed by atoms with van der Waals surface area (Å²) in [5, 5.41) is 12.7. The summed E-state index contributed by atoms with van der Waals surface area (Å²) < 4.78 is 55.3. The van der Waals surface area contributed by atoms with E-state index in [4.69, 9.17) is 18.9 Å². The SMILES string of the molecule is CCOC(=O)[C@H](Cc1ccccc1)NP(=O)(CCCCN(CCn1cnc2c(=O)[nH]cnc21)CCP(=O)(N[C@@H](Cc1ccccc1)C(=O)OCC)N[C@@H](Cc1ccccc1)C(=O)OCC)N[C@@H](Cc1ccccc1)C(=O)OCC. The average Bonchev–Trinajstić information content (AvgIpc) is 3.92. The summed E-state index contributed by atoms with van der Waals surface area (Å²) in [4.78, 5) is 80.9. The predicted octanol–water partition coefficient (Wildman–Crippen LogP) is 6.64. The van der Waals surface area contributed by atoms with E-state index in [0.29, 0.717) is 38.1 Å². The molecule has 0 aliphatic carbocycles. The second kappa shape index (κ2) is 31.8. The van der Waals surface area contributed by atoms with Gasteiger partial charge in [-0.3, -0.25) is 33.1 Å². The minimum absolute atomic E-state index is 0.0158. The molecule has 4 aromatic carbocycles. The number of nitrogens with zero attached hydrogens (tertiary/aromatic N) is 4. The number of imidazole rings is 1. The second-order valence-corrected chi connectivity index (χ2v) is 23.7. The summed E-state index contributed by atoms with van der Waals surface area (Å²) in [5.41, 5.74) is 3.31. The highest BCUT2D eigenvalue weighted by atomic mass is 31.2. The van der Waals surface area contributed by atoms with Crippen LogP contribution < -0.4 is 25.9 Å². The molecule has 0 fully saturated rings. The van der Waals surface area contributed by atoms with Gasteiger partial charge in [-0.15, -0.1) is 0 Å². The van der Waals surface area contributed by atoms with Gasteiger partial charge in [0.1, 0.15) is 24.2 Å². The average molecular weight is 1120 g/mol. The number of aromatic nitrogens is 4. The molecule has 20 nitrogen and oxygen atoms in total. The van der Waals surface area contributed by atoms with Gasteiger partial charge in [-0.25, -0.2) is 30.3 Å².